The first kappa shape index (κ1) is 9.93. The van der Waals surface area contributed by atoms with Gasteiger partial charge < -0.3 is 14.6 Å². The van der Waals surface area contributed by atoms with Crippen molar-refractivity contribution in [3.8, 4) is 0 Å². The molecule has 1 atom stereocenters. The molecule has 1 unspecified atom stereocenters. The summed E-state index contributed by atoms with van der Waals surface area (Å²) in [5.74, 6) is -0.103. The van der Waals surface area contributed by atoms with Crippen molar-refractivity contribution in [1.82, 2.24) is 0 Å². The molecule has 0 radical (unpaired) electrons. The molecule has 1 heterocycles. The van der Waals surface area contributed by atoms with E-state index in [0.29, 0.717) is 32.2 Å². The van der Waals surface area contributed by atoms with E-state index in [-0.39, 0.29) is 0 Å². The minimum Gasteiger partial charge on any atom is -0.481 e. The van der Waals surface area contributed by atoms with E-state index in [1.807, 2.05) is 0 Å². The van der Waals surface area contributed by atoms with Gasteiger partial charge in [-0.05, 0) is 25.2 Å². The molecule has 1 saturated carbocycles. The van der Waals surface area contributed by atoms with Crippen LogP contribution < -0.4 is 0 Å². The molecular weight excluding hydrogens is 184 g/mol. The summed E-state index contributed by atoms with van der Waals surface area (Å²) in [6, 6.07) is 0. The first-order chi connectivity index (χ1) is 6.73. The summed E-state index contributed by atoms with van der Waals surface area (Å²) in [5.41, 5.74) is -0.769. The van der Waals surface area contributed by atoms with Crippen LogP contribution in [0.5, 0.6) is 0 Å². The number of carboxylic acid groups (broad SMARTS) is 1. The van der Waals surface area contributed by atoms with Crippen LogP contribution in [0, 0.1) is 11.3 Å². The van der Waals surface area contributed by atoms with Crippen molar-refractivity contribution < 1.29 is 19.4 Å². The Bertz CT molecular complexity index is 216. The van der Waals surface area contributed by atoms with Crippen LogP contribution in [0.2, 0.25) is 0 Å². The lowest BCUT2D eigenvalue weighted by molar-refractivity contribution is -0.153. The summed E-state index contributed by atoms with van der Waals surface area (Å²) in [6.45, 7) is 1.86. The number of ether oxygens (including phenoxy) is 2. The lowest BCUT2D eigenvalue weighted by atomic mass is 9.89. The highest BCUT2D eigenvalue weighted by atomic mass is 16.5. The van der Waals surface area contributed by atoms with Gasteiger partial charge in [-0.2, -0.15) is 0 Å². The molecule has 2 rings (SSSR count). The van der Waals surface area contributed by atoms with E-state index in [9.17, 15) is 4.79 Å². The van der Waals surface area contributed by atoms with E-state index in [1.54, 1.807) is 0 Å². The van der Waals surface area contributed by atoms with Crippen molar-refractivity contribution in [2.45, 2.75) is 19.3 Å². The predicted molar refractivity (Wildman–Crippen MR) is 49.0 cm³/mol. The van der Waals surface area contributed by atoms with Crippen molar-refractivity contribution in [2.24, 2.45) is 11.3 Å². The van der Waals surface area contributed by atoms with E-state index >= 15 is 0 Å². The van der Waals surface area contributed by atoms with E-state index in [1.165, 1.54) is 12.8 Å². The minimum atomic E-state index is -0.786. The first-order valence-corrected chi connectivity index (χ1v) is 5.12. The fraction of sp³-hybridized carbons (Fsp3) is 0.900. The van der Waals surface area contributed by atoms with Gasteiger partial charge in [-0.3, -0.25) is 4.79 Å². The van der Waals surface area contributed by atoms with Crippen molar-refractivity contribution in [1.29, 1.82) is 0 Å². The Morgan fingerprint density at radius 2 is 2.36 bits per heavy atom. The zero-order valence-electron chi connectivity index (χ0n) is 8.20. The molecule has 0 aromatic rings. The maximum atomic E-state index is 11.1. The molecule has 0 aromatic carbocycles. The molecule has 4 heteroatoms. The molecule has 0 aromatic heterocycles. The molecule has 1 N–H and O–H groups in total. The normalized spacial score (nSPS) is 32.0. The van der Waals surface area contributed by atoms with Gasteiger partial charge in [-0.1, -0.05) is 0 Å². The average Bonchev–Trinajstić information content (AvgIpc) is 2.82. The topological polar surface area (TPSA) is 55.8 Å². The summed E-state index contributed by atoms with van der Waals surface area (Å²) in [7, 11) is 0. The maximum absolute atomic E-state index is 11.1. The lowest BCUT2D eigenvalue weighted by Crippen LogP contribution is -2.36. The SMILES string of the molecule is O=C(O)C1(COCC2CC2)CCOC1. The highest BCUT2D eigenvalue weighted by molar-refractivity contribution is 5.75. The summed E-state index contributed by atoms with van der Waals surface area (Å²) < 4.78 is 10.6. The monoisotopic (exact) mass is 200 g/mol. The molecule has 1 aliphatic carbocycles. The number of hydrogen-bond donors (Lipinski definition) is 1. The van der Waals surface area contributed by atoms with Crippen molar-refractivity contribution in [2.75, 3.05) is 26.4 Å². The van der Waals surface area contributed by atoms with E-state index in [0.717, 1.165) is 6.61 Å². The molecule has 1 saturated heterocycles. The fourth-order valence-corrected chi connectivity index (χ4v) is 1.66. The van der Waals surface area contributed by atoms with E-state index in [2.05, 4.69) is 0 Å². The highest BCUT2D eigenvalue weighted by Crippen LogP contribution is 2.32. The zero-order chi connectivity index (χ0) is 10.0. The van der Waals surface area contributed by atoms with Crippen LogP contribution in [-0.2, 0) is 14.3 Å². The van der Waals surface area contributed by atoms with Gasteiger partial charge >= 0.3 is 5.97 Å². The second-order valence-electron chi connectivity index (χ2n) is 4.35. The predicted octanol–water partition coefficient (Wildman–Crippen LogP) is 0.904. The Labute approximate surface area is 83.2 Å². The molecule has 0 spiro atoms. The Hall–Kier alpha value is -0.610. The lowest BCUT2D eigenvalue weighted by Gasteiger charge is -2.21. The van der Waals surface area contributed by atoms with Gasteiger partial charge in [0.1, 0.15) is 5.41 Å². The highest BCUT2D eigenvalue weighted by Gasteiger charge is 2.43. The van der Waals surface area contributed by atoms with Crippen LogP contribution in [0.4, 0.5) is 0 Å². The van der Waals surface area contributed by atoms with Crippen LogP contribution in [0.15, 0.2) is 0 Å². The summed E-state index contributed by atoms with van der Waals surface area (Å²) in [6.07, 6.45) is 3.04. The van der Waals surface area contributed by atoms with E-state index in [4.69, 9.17) is 14.6 Å². The van der Waals surface area contributed by atoms with Crippen LogP contribution >= 0.6 is 0 Å². The smallest absolute Gasteiger partial charge is 0.314 e. The van der Waals surface area contributed by atoms with Gasteiger partial charge in [0.25, 0.3) is 0 Å². The molecule has 2 aliphatic rings. The third kappa shape index (κ3) is 2.07. The van der Waals surface area contributed by atoms with Gasteiger partial charge in [0.15, 0.2) is 0 Å². The third-order valence-electron chi connectivity index (χ3n) is 2.99. The van der Waals surface area contributed by atoms with Gasteiger partial charge in [0.2, 0.25) is 0 Å². The molecule has 80 valence electrons. The van der Waals surface area contributed by atoms with Crippen LogP contribution in [0.3, 0.4) is 0 Å². The summed E-state index contributed by atoms with van der Waals surface area (Å²) >= 11 is 0. The molecule has 14 heavy (non-hydrogen) atoms. The first-order valence-electron chi connectivity index (χ1n) is 5.12. The van der Waals surface area contributed by atoms with Gasteiger partial charge in [-0.15, -0.1) is 0 Å². The molecule has 2 fully saturated rings. The second kappa shape index (κ2) is 3.87. The Morgan fingerprint density at radius 3 is 2.86 bits per heavy atom. The molecular formula is C10H16O4. The summed E-state index contributed by atoms with van der Waals surface area (Å²) in [5, 5.41) is 9.08. The van der Waals surface area contributed by atoms with Gasteiger partial charge in [0, 0.05) is 13.2 Å². The number of carboxylic acids is 1. The van der Waals surface area contributed by atoms with Crippen molar-refractivity contribution in [3.05, 3.63) is 0 Å². The maximum Gasteiger partial charge on any atom is 0.314 e. The van der Waals surface area contributed by atoms with Gasteiger partial charge in [0.05, 0.1) is 13.2 Å². The molecule has 0 bridgehead atoms. The van der Waals surface area contributed by atoms with E-state index < -0.39 is 11.4 Å². The van der Waals surface area contributed by atoms with Crippen LogP contribution in [-0.4, -0.2) is 37.5 Å². The average molecular weight is 200 g/mol. The van der Waals surface area contributed by atoms with Gasteiger partial charge in [-0.25, -0.2) is 0 Å². The number of hydrogen-bond acceptors (Lipinski definition) is 3. The fourth-order valence-electron chi connectivity index (χ4n) is 1.66. The van der Waals surface area contributed by atoms with Crippen molar-refractivity contribution in [3.63, 3.8) is 0 Å². The Kier molecular flexibility index (Phi) is 2.74. The number of rotatable bonds is 5. The Morgan fingerprint density at radius 1 is 1.57 bits per heavy atom. The summed E-state index contributed by atoms with van der Waals surface area (Å²) in [4.78, 5) is 11.1. The van der Waals surface area contributed by atoms with Crippen molar-refractivity contribution >= 4 is 5.97 Å². The minimum absolute atomic E-state index is 0.299. The number of aliphatic carboxylic acids is 1. The Balaban J connectivity index is 1.80. The third-order valence-corrected chi connectivity index (χ3v) is 2.99. The standard InChI is InChI=1S/C10H16O4/c11-9(12)10(3-4-13-6-10)7-14-5-8-1-2-8/h8H,1-7H2,(H,11,12). The van der Waals surface area contributed by atoms with Crippen LogP contribution in [0.1, 0.15) is 19.3 Å². The van der Waals surface area contributed by atoms with Crippen LogP contribution in [0.25, 0.3) is 0 Å². The second-order valence-corrected chi connectivity index (χ2v) is 4.35. The quantitative estimate of drug-likeness (QED) is 0.716. The zero-order valence-corrected chi connectivity index (χ0v) is 8.20. The number of carbonyl (C=O) groups is 1. The molecule has 0 amide bonds. The largest absolute Gasteiger partial charge is 0.481 e. The molecule has 1 aliphatic heterocycles. The molecule has 4 nitrogen and oxygen atoms in total.